The SMILES string of the molecule is C=C(C)COCCS(=O)(=O)ON. The van der Waals surface area contributed by atoms with E-state index in [1.54, 1.807) is 6.92 Å². The quantitative estimate of drug-likeness (QED) is 0.361. The molecular formula is C6H13NO4S. The van der Waals surface area contributed by atoms with Crippen LogP contribution in [0, 0.1) is 0 Å². The summed E-state index contributed by atoms with van der Waals surface area (Å²) < 4.78 is 29.8. The van der Waals surface area contributed by atoms with Crippen LogP contribution in [0.25, 0.3) is 0 Å². The highest BCUT2D eigenvalue weighted by atomic mass is 32.2. The molecule has 0 bridgehead atoms. The normalized spacial score (nSPS) is 11.5. The molecule has 0 aliphatic rings. The molecule has 0 saturated carbocycles. The van der Waals surface area contributed by atoms with E-state index in [4.69, 9.17) is 4.74 Å². The number of nitrogens with two attached hydrogens (primary N) is 1. The highest BCUT2D eigenvalue weighted by molar-refractivity contribution is 7.86. The van der Waals surface area contributed by atoms with Crippen molar-refractivity contribution in [2.75, 3.05) is 19.0 Å². The van der Waals surface area contributed by atoms with Crippen molar-refractivity contribution in [2.45, 2.75) is 6.92 Å². The average Bonchev–Trinajstić information content (AvgIpc) is 1.98. The largest absolute Gasteiger partial charge is 0.376 e. The maximum atomic E-state index is 10.6. The van der Waals surface area contributed by atoms with Crippen molar-refractivity contribution in [3.05, 3.63) is 12.2 Å². The van der Waals surface area contributed by atoms with Crippen molar-refractivity contribution in [2.24, 2.45) is 5.90 Å². The minimum Gasteiger partial charge on any atom is -0.376 e. The maximum Gasteiger partial charge on any atom is 0.285 e. The molecule has 0 atom stereocenters. The van der Waals surface area contributed by atoms with Gasteiger partial charge in [-0.3, -0.25) is 0 Å². The second kappa shape index (κ2) is 5.26. The zero-order chi connectivity index (χ0) is 9.61. The van der Waals surface area contributed by atoms with E-state index in [0.29, 0.717) is 6.61 Å². The van der Waals surface area contributed by atoms with E-state index < -0.39 is 10.1 Å². The molecule has 0 heterocycles. The zero-order valence-corrected chi connectivity index (χ0v) is 7.76. The zero-order valence-electron chi connectivity index (χ0n) is 6.95. The first kappa shape index (κ1) is 11.6. The predicted octanol–water partition coefficient (Wildman–Crippen LogP) is -0.201. The fourth-order valence-electron chi connectivity index (χ4n) is 0.455. The molecule has 0 aromatic heterocycles. The van der Waals surface area contributed by atoms with Gasteiger partial charge in [0.1, 0.15) is 5.75 Å². The third kappa shape index (κ3) is 6.29. The summed E-state index contributed by atoms with van der Waals surface area (Å²) in [5.41, 5.74) is 0.834. The first-order valence-electron chi connectivity index (χ1n) is 3.31. The van der Waals surface area contributed by atoms with E-state index in [9.17, 15) is 8.42 Å². The van der Waals surface area contributed by atoms with Gasteiger partial charge in [-0.25, -0.2) is 0 Å². The standard InChI is InChI=1S/C6H13NO4S/c1-6(2)5-10-3-4-12(8,9)11-7/h1,3-5,7H2,2H3. The molecule has 0 aromatic carbocycles. The number of hydrogen-bond donors (Lipinski definition) is 1. The molecule has 12 heavy (non-hydrogen) atoms. The van der Waals surface area contributed by atoms with Crippen molar-refractivity contribution >= 4 is 10.1 Å². The Hall–Kier alpha value is -0.430. The van der Waals surface area contributed by atoms with Gasteiger partial charge in [0.2, 0.25) is 0 Å². The van der Waals surface area contributed by atoms with Gasteiger partial charge in [0.15, 0.2) is 0 Å². The van der Waals surface area contributed by atoms with E-state index in [1.807, 2.05) is 0 Å². The molecule has 0 rings (SSSR count). The van der Waals surface area contributed by atoms with Gasteiger partial charge in [0, 0.05) is 0 Å². The monoisotopic (exact) mass is 195 g/mol. The van der Waals surface area contributed by atoms with Crippen molar-refractivity contribution in [1.29, 1.82) is 0 Å². The third-order valence-electron chi connectivity index (χ3n) is 0.973. The molecule has 6 heteroatoms. The third-order valence-corrected chi connectivity index (χ3v) is 1.93. The highest BCUT2D eigenvalue weighted by Crippen LogP contribution is 1.91. The molecule has 0 spiro atoms. The van der Waals surface area contributed by atoms with E-state index in [0.717, 1.165) is 5.57 Å². The smallest absolute Gasteiger partial charge is 0.285 e. The van der Waals surface area contributed by atoms with E-state index in [2.05, 4.69) is 16.8 Å². The molecule has 0 amide bonds. The Labute approximate surface area is 72.2 Å². The molecule has 0 fully saturated rings. The van der Waals surface area contributed by atoms with Crippen LogP contribution in [0.2, 0.25) is 0 Å². The highest BCUT2D eigenvalue weighted by Gasteiger charge is 2.08. The molecule has 0 aliphatic carbocycles. The Morgan fingerprint density at radius 3 is 2.58 bits per heavy atom. The summed E-state index contributed by atoms with van der Waals surface area (Å²) >= 11 is 0. The van der Waals surface area contributed by atoms with Gasteiger partial charge in [-0.15, -0.1) is 0 Å². The molecule has 0 saturated heterocycles. The minimum absolute atomic E-state index is 0.0619. The Bertz CT molecular complexity index is 234. The fourth-order valence-corrected chi connectivity index (χ4v) is 0.874. The van der Waals surface area contributed by atoms with Gasteiger partial charge in [-0.2, -0.15) is 18.6 Å². The lowest BCUT2D eigenvalue weighted by Crippen LogP contribution is -2.18. The van der Waals surface area contributed by atoms with Crippen LogP contribution in [-0.4, -0.2) is 27.4 Å². The van der Waals surface area contributed by atoms with Gasteiger partial charge in [0.25, 0.3) is 10.1 Å². The Balaban J connectivity index is 3.51. The van der Waals surface area contributed by atoms with Crippen LogP contribution in [0.4, 0.5) is 0 Å². The lowest BCUT2D eigenvalue weighted by molar-refractivity contribution is 0.170. The molecule has 0 aromatic rings. The maximum absolute atomic E-state index is 10.6. The van der Waals surface area contributed by atoms with Gasteiger partial charge in [-0.05, 0) is 6.92 Å². The van der Waals surface area contributed by atoms with Gasteiger partial charge in [0.05, 0.1) is 13.2 Å². The van der Waals surface area contributed by atoms with Crippen LogP contribution < -0.4 is 5.90 Å². The van der Waals surface area contributed by atoms with E-state index in [1.165, 1.54) is 0 Å². The Morgan fingerprint density at radius 1 is 1.58 bits per heavy atom. The van der Waals surface area contributed by atoms with Crippen molar-refractivity contribution in [3.8, 4) is 0 Å². The Morgan fingerprint density at radius 2 is 2.17 bits per heavy atom. The van der Waals surface area contributed by atoms with Crippen LogP contribution in [0.5, 0.6) is 0 Å². The summed E-state index contributed by atoms with van der Waals surface area (Å²) in [6.45, 7) is 5.77. The molecule has 0 aliphatic heterocycles. The lowest BCUT2D eigenvalue weighted by atomic mass is 10.4. The van der Waals surface area contributed by atoms with Crippen LogP contribution >= 0.6 is 0 Å². The second-order valence-corrected chi connectivity index (χ2v) is 4.08. The lowest BCUT2D eigenvalue weighted by Gasteiger charge is -2.02. The number of hydrogen-bond acceptors (Lipinski definition) is 5. The van der Waals surface area contributed by atoms with Crippen LogP contribution in [0.3, 0.4) is 0 Å². The van der Waals surface area contributed by atoms with Crippen molar-refractivity contribution < 1.29 is 17.4 Å². The van der Waals surface area contributed by atoms with E-state index in [-0.39, 0.29) is 12.4 Å². The first-order chi connectivity index (χ1) is 5.48. The summed E-state index contributed by atoms with van der Waals surface area (Å²) in [4.78, 5) is 0. The Kier molecular flexibility index (Phi) is 5.07. The van der Waals surface area contributed by atoms with Gasteiger partial charge >= 0.3 is 0 Å². The topological polar surface area (TPSA) is 78.6 Å². The summed E-state index contributed by atoms with van der Waals surface area (Å²) in [5.74, 6) is 4.25. The molecule has 0 radical (unpaired) electrons. The van der Waals surface area contributed by atoms with Crippen molar-refractivity contribution in [3.63, 3.8) is 0 Å². The van der Waals surface area contributed by atoms with Crippen LogP contribution in [0.15, 0.2) is 12.2 Å². The van der Waals surface area contributed by atoms with E-state index >= 15 is 0 Å². The second-order valence-electron chi connectivity index (χ2n) is 2.37. The average molecular weight is 195 g/mol. The molecule has 5 nitrogen and oxygen atoms in total. The van der Waals surface area contributed by atoms with Crippen LogP contribution in [-0.2, 0) is 19.1 Å². The first-order valence-corrected chi connectivity index (χ1v) is 4.89. The summed E-state index contributed by atoms with van der Waals surface area (Å²) in [6, 6.07) is 0. The number of ether oxygens (including phenoxy) is 1. The van der Waals surface area contributed by atoms with Gasteiger partial charge in [-0.1, -0.05) is 12.2 Å². The van der Waals surface area contributed by atoms with Gasteiger partial charge < -0.3 is 4.74 Å². The predicted molar refractivity (Wildman–Crippen MR) is 44.7 cm³/mol. The summed E-state index contributed by atoms with van der Waals surface area (Å²) in [6.07, 6.45) is 0. The molecule has 2 N–H and O–H groups in total. The molecular weight excluding hydrogens is 182 g/mol. The van der Waals surface area contributed by atoms with Crippen molar-refractivity contribution in [1.82, 2.24) is 0 Å². The molecule has 72 valence electrons. The minimum atomic E-state index is -3.59. The van der Waals surface area contributed by atoms with Crippen LogP contribution in [0.1, 0.15) is 6.92 Å². The fraction of sp³-hybridized carbons (Fsp3) is 0.667. The summed E-state index contributed by atoms with van der Waals surface area (Å²) in [7, 11) is -3.59. The number of rotatable bonds is 6. The molecule has 0 unspecified atom stereocenters. The summed E-state index contributed by atoms with van der Waals surface area (Å²) in [5, 5.41) is 0.